The van der Waals surface area contributed by atoms with E-state index in [1.165, 1.54) is 37.8 Å². The molecule has 21 heavy (non-hydrogen) atoms. The van der Waals surface area contributed by atoms with Gasteiger partial charge in [-0.1, -0.05) is 23.7 Å². The molecule has 2 fully saturated rings. The molecule has 1 N–H and O–H groups in total. The van der Waals surface area contributed by atoms with Crippen LogP contribution in [0.4, 0.5) is 0 Å². The van der Waals surface area contributed by atoms with Gasteiger partial charge in [-0.05, 0) is 50.8 Å². The zero-order valence-electron chi connectivity index (χ0n) is 12.1. The van der Waals surface area contributed by atoms with Crippen LogP contribution in [0.25, 0.3) is 11.3 Å². The zero-order valence-corrected chi connectivity index (χ0v) is 12.8. The molecular formula is C17H20ClN3. The number of imidazole rings is 1. The molecule has 0 radical (unpaired) electrons. The fourth-order valence-corrected chi connectivity index (χ4v) is 4.01. The van der Waals surface area contributed by atoms with Gasteiger partial charge in [0.25, 0.3) is 0 Å². The number of halogens is 1. The average molecular weight is 302 g/mol. The summed E-state index contributed by atoms with van der Waals surface area (Å²) in [7, 11) is 0. The van der Waals surface area contributed by atoms with Crippen molar-refractivity contribution in [1.82, 2.24) is 14.9 Å². The fourth-order valence-electron chi connectivity index (χ4n) is 3.82. The van der Waals surface area contributed by atoms with E-state index in [4.69, 9.17) is 11.6 Å². The Hall–Kier alpha value is -1.32. The van der Waals surface area contributed by atoms with E-state index in [1.54, 1.807) is 0 Å². The number of hydrogen-bond donors (Lipinski definition) is 1. The van der Waals surface area contributed by atoms with Crippen LogP contribution >= 0.6 is 11.6 Å². The van der Waals surface area contributed by atoms with Gasteiger partial charge in [-0.15, -0.1) is 0 Å². The molecule has 1 spiro atoms. The quantitative estimate of drug-likeness (QED) is 0.907. The van der Waals surface area contributed by atoms with Crippen LogP contribution in [0.15, 0.2) is 36.8 Å². The number of aromatic nitrogens is 2. The van der Waals surface area contributed by atoms with Crippen LogP contribution in [0.3, 0.4) is 0 Å². The molecule has 1 atom stereocenters. The lowest BCUT2D eigenvalue weighted by molar-refractivity contribution is 0.110. The minimum Gasteiger partial charge on any atom is -0.327 e. The zero-order chi connectivity index (χ0) is 14.3. The van der Waals surface area contributed by atoms with Gasteiger partial charge in [0.05, 0.1) is 18.2 Å². The summed E-state index contributed by atoms with van der Waals surface area (Å²) in [6.45, 7) is 1.11. The molecule has 0 bridgehead atoms. The number of nitrogens with one attached hydrogen (secondary N) is 1. The third-order valence-corrected chi connectivity index (χ3v) is 5.33. The topological polar surface area (TPSA) is 29.9 Å². The Morgan fingerprint density at radius 3 is 3.00 bits per heavy atom. The lowest BCUT2D eigenvalue weighted by Gasteiger charge is -2.48. The number of nitrogens with zero attached hydrogens (tertiary/aromatic N) is 2. The minimum absolute atomic E-state index is 0.402. The summed E-state index contributed by atoms with van der Waals surface area (Å²) in [5, 5.41) is 4.52. The molecule has 4 rings (SSSR count). The summed E-state index contributed by atoms with van der Waals surface area (Å²) < 4.78 is 2.35. The van der Waals surface area contributed by atoms with Crippen molar-refractivity contribution in [2.75, 3.05) is 6.54 Å². The number of rotatable bonds is 2. The molecule has 110 valence electrons. The van der Waals surface area contributed by atoms with Gasteiger partial charge in [-0.3, -0.25) is 0 Å². The van der Waals surface area contributed by atoms with Crippen LogP contribution < -0.4 is 5.32 Å². The highest BCUT2D eigenvalue weighted by Crippen LogP contribution is 2.42. The molecule has 2 aliphatic rings. The van der Waals surface area contributed by atoms with Crippen molar-refractivity contribution < 1.29 is 0 Å². The van der Waals surface area contributed by atoms with E-state index >= 15 is 0 Å². The van der Waals surface area contributed by atoms with E-state index in [0.717, 1.165) is 17.1 Å². The molecule has 4 heteroatoms. The van der Waals surface area contributed by atoms with E-state index in [1.807, 2.05) is 30.7 Å². The summed E-state index contributed by atoms with van der Waals surface area (Å²) in [5.41, 5.74) is 2.73. The summed E-state index contributed by atoms with van der Waals surface area (Å²) in [5.74, 6) is 0. The SMILES string of the molecule is Clc1cccc(-c2cncn2C2CCNC3(CCC3)C2)c1. The van der Waals surface area contributed by atoms with Crippen LogP contribution in [-0.2, 0) is 0 Å². The largest absolute Gasteiger partial charge is 0.327 e. The van der Waals surface area contributed by atoms with Gasteiger partial charge < -0.3 is 9.88 Å². The first-order valence-electron chi connectivity index (χ1n) is 7.79. The van der Waals surface area contributed by atoms with E-state index in [9.17, 15) is 0 Å². The third-order valence-electron chi connectivity index (χ3n) is 5.09. The lowest BCUT2D eigenvalue weighted by Crippen LogP contribution is -2.55. The Morgan fingerprint density at radius 1 is 1.33 bits per heavy atom. The van der Waals surface area contributed by atoms with E-state index < -0.39 is 0 Å². The standard InChI is InChI=1S/C17H20ClN3/c18-14-4-1-3-13(9-14)16-11-19-12-21(16)15-5-8-20-17(10-15)6-2-7-17/h1,3-4,9,11-12,15,20H,2,5-8,10H2. The average Bonchev–Trinajstić information content (AvgIpc) is 2.95. The summed E-state index contributed by atoms with van der Waals surface area (Å²) in [6.07, 6.45) is 10.3. The molecule has 1 saturated carbocycles. The highest BCUT2D eigenvalue weighted by atomic mass is 35.5. The molecule has 0 amide bonds. The first-order valence-corrected chi connectivity index (χ1v) is 8.16. The van der Waals surface area contributed by atoms with Crippen molar-refractivity contribution in [2.45, 2.75) is 43.7 Å². The van der Waals surface area contributed by atoms with Gasteiger partial charge in [-0.2, -0.15) is 0 Å². The fraction of sp³-hybridized carbons (Fsp3) is 0.471. The van der Waals surface area contributed by atoms with Crippen molar-refractivity contribution in [3.8, 4) is 11.3 Å². The second-order valence-corrected chi connectivity index (χ2v) is 6.84. The van der Waals surface area contributed by atoms with Gasteiger partial charge in [-0.25, -0.2) is 4.98 Å². The Balaban J connectivity index is 1.65. The molecule has 1 aromatic carbocycles. The van der Waals surface area contributed by atoms with Gasteiger partial charge in [0, 0.05) is 22.2 Å². The Bertz CT molecular complexity index is 645. The monoisotopic (exact) mass is 301 g/mol. The number of benzene rings is 1. The van der Waals surface area contributed by atoms with Crippen molar-refractivity contribution in [2.24, 2.45) is 0 Å². The van der Waals surface area contributed by atoms with Gasteiger partial charge in [0.15, 0.2) is 0 Å². The maximum atomic E-state index is 6.14. The molecule has 1 saturated heterocycles. The van der Waals surface area contributed by atoms with Gasteiger partial charge in [0.2, 0.25) is 0 Å². The Morgan fingerprint density at radius 2 is 2.24 bits per heavy atom. The lowest BCUT2D eigenvalue weighted by atomic mass is 9.70. The smallest absolute Gasteiger partial charge is 0.0953 e. The maximum Gasteiger partial charge on any atom is 0.0953 e. The second-order valence-electron chi connectivity index (χ2n) is 6.40. The van der Waals surface area contributed by atoms with Gasteiger partial charge in [0.1, 0.15) is 0 Å². The number of hydrogen-bond acceptors (Lipinski definition) is 2. The van der Waals surface area contributed by atoms with Crippen LogP contribution in [0.2, 0.25) is 5.02 Å². The van der Waals surface area contributed by atoms with Crippen molar-refractivity contribution in [3.63, 3.8) is 0 Å². The van der Waals surface area contributed by atoms with Crippen molar-refractivity contribution >= 4 is 11.6 Å². The molecule has 1 aliphatic carbocycles. The van der Waals surface area contributed by atoms with Crippen LogP contribution in [0.1, 0.15) is 38.1 Å². The minimum atomic E-state index is 0.402. The highest BCUT2D eigenvalue weighted by molar-refractivity contribution is 6.30. The maximum absolute atomic E-state index is 6.14. The molecular weight excluding hydrogens is 282 g/mol. The van der Waals surface area contributed by atoms with Crippen molar-refractivity contribution in [1.29, 1.82) is 0 Å². The predicted molar refractivity (Wildman–Crippen MR) is 85.5 cm³/mol. The number of piperidine rings is 1. The first-order chi connectivity index (χ1) is 10.3. The van der Waals surface area contributed by atoms with E-state index in [2.05, 4.69) is 20.9 Å². The molecule has 1 aromatic heterocycles. The second kappa shape index (κ2) is 5.15. The normalized spacial score (nSPS) is 24.0. The molecule has 1 aliphatic heterocycles. The summed E-state index contributed by atoms with van der Waals surface area (Å²) in [4.78, 5) is 4.39. The predicted octanol–water partition coefficient (Wildman–Crippen LogP) is 4.05. The Labute approximate surface area is 130 Å². The van der Waals surface area contributed by atoms with Crippen LogP contribution in [0, 0.1) is 0 Å². The molecule has 2 aromatic rings. The highest BCUT2D eigenvalue weighted by Gasteiger charge is 2.41. The van der Waals surface area contributed by atoms with E-state index in [-0.39, 0.29) is 0 Å². The Kier molecular flexibility index (Phi) is 3.27. The molecule has 2 heterocycles. The molecule has 1 unspecified atom stereocenters. The van der Waals surface area contributed by atoms with Crippen LogP contribution in [0.5, 0.6) is 0 Å². The van der Waals surface area contributed by atoms with E-state index in [0.29, 0.717) is 11.6 Å². The third kappa shape index (κ3) is 2.39. The van der Waals surface area contributed by atoms with Crippen molar-refractivity contribution in [3.05, 3.63) is 41.8 Å². The van der Waals surface area contributed by atoms with Crippen LogP contribution in [-0.4, -0.2) is 21.6 Å². The summed E-state index contributed by atoms with van der Waals surface area (Å²) >= 11 is 6.14. The summed E-state index contributed by atoms with van der Waals surface area (Å²) in [6, 6.07) is 8.60. The first kappa shape index (κ1) is 13.4. The molecule has 3 nitrogen and oxygen atoms in total. The van der Waals surface area contributed by atoms with Gasteiger partial charge >= 0.3 is 0 Å².